The Morgan fingerprint density at radius 3 is 2.28 bits per heavy atom. The van der Waals surface area contributed by atoms with Gasteiger partial charge in [0.2, 0.25) is 11.9 Å². The van der Waals surface area contributed by atoms with Gasteiger partial charge in [-0.3, -0.25) is 14.2 Å². The van der Waals surface area contributed by atoms with E-state index in [1.165, 1.54) is 0 Å². The van der Waals surface area contributed by atoms with Gasteiger partial charge in [0.1, 0.15) is 5.65 Å². The highest BCUT2D eigenvalue weighted by molar-refractivity contribution is 5.80. The molecule has 0 unspecified atom stereocenters. The maximum absolute atomic E-state index is 12.8. The lowest BCUT2D eigenvalue weighted by atomic mass is 9.91. The fourth-order valence-corrected chi connectivity index (χ4v) is 3.94. The third kappa shape index (κ3) is 4.43. The number of hydrogen-bond donors (Lipinski definition) is 2. The minimum absolute atomic E-state index is 0.0102. The average molecular weight is 400 g/mol. The Kier molecular flexibility index (Phi) is 6.24. The van der Waals surface area contributed by atoms with Crippen molar-refractivity contribution in [3.05, 3.63) is 27.7 Å². The molecule has 7 nitrogen and oxygen atoms in total. The SMILES string of the molecule is Cc1c(C)c2cnc(N[C@H]3CC[C@H](NC(=O)C(C)C)CC3)nc2n(C(C)C)c1=O. The van der Waals surface area contributed by atoms with Crippen LogP contribution in [0.2, 0.25) is 0 Å². The molecule has 29 heavy (non-hydrogen) atoms. The maximum Gasteiger partial charge on any atom is 0.255 e. The molecule has 1 aliphatic carbocycles. The first-order valence-electron chi connectivity index (χ1n) is 10.6. The van der Waals surface area contributed by atoms with Crippen LogP contribution in [0.4, 0.5) is 5.95 Å². The van der Waals surface area contributed by atoms with E-state index in [0.29, 0.717) is 11.6 Å². The molecule has 7 heteroatoms. The van der Waals surface area contributed by atoms with Crippen LogP contribution < -0.4 is 16.2 Å². The molecular weight excluding hydrogens is 366 g/mol. The second-order valence-electron chi connectivity index (χ2n) is 8.81. The number of fused-ring (bicyclic) bond motifs is 1. The lowest BCUT2D eigenvalue weighted by Crippen LogP contribution is -2.41. The van der Waals surface area contributed by atoms with Gasteiger partial charge in [0, 0.05) is 41.2 Å². The Balaban J connectivity index is 1.77. The van der Waals surface area contributed by atoms with Crippen molar-refractivity contribution < 1.29 is 4.79 Å². The first-order valence-corrected chi connectivity index (χ1v) is 10.6. The number of nitrogens with zero attached hydrogens (tertiary/aromatic N) is 3. The van der Waals surface area contributed by atoms with Gasteiger partial charge >= 0.3 is 0 Å². The molecule has 0 saturated heterocycles. The van der Waals surface area contributed by atoms with Gasteiger partial charge in [0.05, 0.1) is 0 Å². The highest BCUT2D eigenvalue weighted by atomic mass is 16.2. The van der Waals surface area contributed by atoms with Gasteiger partial charge in [0.25, 0.3) is 5.56 Å². The number of carbonyl (C=O) groups excluding carboxylic acids is 1. The number of amides is 1. The Bertz CT molecular complexity index is 956. The van der Waals surface area contributed by atoms with Crippen molar-refractivity contribution in [1.29, 1.82) is 0 Å². The van der Waals surface area contributed by atoms with Crippen molar-refractivity contribution >= 4 is 22.9 Å². The van der Waals surface area contributed by atoms with E-state index >= 15 is 0 Å². The third-order valence-electron chi connectivity index (χ3n) is 5.95. The van der Waals surface area contributed by atoms with Gasteiger partial charge in [-0.1, -0.05) is 13.8 Å². The predicted molar refractivity (Wildman–Crippen MR) is 116 cm³/mol. The van der Waals surface area contributed by atoms with Crippen LogP contribution in [0.5, 0.6) is 0 Å². The fraction of sp³-hybridized carbons (Fsp3) is 0.636. The highest BCUT2D eigenvalue weighted by Gasteiger charge is 2.24. The largest absolute Gasteiger partial charge is 0.353 e. The van der Waals surface area contributed by atoms with Crippen LogP contribution in [0.3, 0.4) is 0 Å². The number of aromatic nitrogens is 3. The Labute approximate surface area is 172 Å². The van der Waals surface area contributed by atoms with Crippen molar-refractivity contribution in [3.63, 3.8) is 0 Å². The summed E-state index contributed by atoms with van der Waals surface area (Å²) in [6, 6.07) is 0.537. The standard InChI is InChI=1S/C22H33N5O2/c1-12(2)20(28)24-16-7-9-17(10-8-16)25-22-23-11-18-14(5)15(6)21(29)27(13(3)4)19(18)26-22/h11-13,16-17H,7-10H2,1-6H3,(H,24,28)(H,23,25,26)/t16-,17-. The summed E-state index contributed by atoms with van der Waals surface area (Å²) in [4.78, 5) is 33.9. The average Bonchev–Trinajstić information content (AvgIpc) is 2.67. The smallest absolute Gasteiger partial charge is 0.255 e. The molecule has 2 heterocycles. The molecule has 0 spiro atoms. The van der Waals surface area contributed by atoms with Gasteiger partial charge in [-0.15, -0.1) is 0 Å². The molecular formula is C22H33N5O2. The topological polar surface area (TPSA) is 88.9 Å². The molecule has 2 N–H and O–H groups in total. The summed E-state index contributed by atoms with van der Waals surface area (Å²) in [7, 11) is 0. The molecule has 0 bridgehead atoms. The Morgan fingerprint density at radius 2 is 1.69 bits per heavy atom. The van der Waals surface area contributed by atoms with Crippen molar-refractivity contribution in [2.24, 2.45) is 5.92 Å². The van der Waals surface area contributed by atoms with Crippen LogP contribution in [0.1, 0.15) is 70.5 Å². The number of anilines is 1. The quantitative estimate of drug-likeness (QED) is 0.803. The van der Waals surface area contributed by atoms with Crippen LogP contribution in [0.25, 0.3) is 11.0 Å². The predicted octanol–water partition coefficient (Wildman–Crippen LogP) is 3.48. The van der Waals surface area contributed by atoms with Gasteiger partial charge in [-0.05, 0) is 58.9 Å². The van der Waals surface area contributed by atoms with Crippen molar-refractivity contribution in [2.75, 3.05) is 5.32 Å². The van der Waals surface area contributed by atoms with E-state index in [1.54, 1.807) is 4.57 Å². The highest BCUT2D eigenvalue weighted by Crippen LogP contribution is 2.24. The first-order chi connectivity index (χ1) is 13.7. The molecule has 158 valence electrons. The number of aryl methyl sites for hydroxylation is 1. The van der Waals surface area contributed by atoms with Gasteiger partial charge in [0.15, 0.2) is 0 Å². The summed E-state index contributed by atoms with van der Waals surface area (Å²) in [5, 5.41) is 7.49. The van der Waals surface area contributed by atoms with Crippen LogP contribution in [-0.4, -0.2) is 32.5 Å². The monoisotopic (exact) mass is 399 g/mol. The number of nitrogens with one attached hydrogen (secondary N) is 2. The molecule has 0 aliphatic heterocycles. The molecule has 0 atom stereocenters. The van der Waals surface area contributed by atoms with Crippen molar-refractivity contribution in [3.8, 4) is 0 Å². The normalized spacial score (nSPS) is 19.7. The summed E-state index contributed by atoms with van der Waals surface area (Å²) < 4.78 is 1.75. The summed E-state index contributed by atoms with van der Waals surface area (Å²) in [6.45, 7) is 11.6. The van der Waals surface area contributed by atoms with Gasteiger partial charge < -0.3 is 10.6 Å². The molecule has 2 aromatic heterocycles. The second kappa shape index (κ2) is 8.51. The fourth-order valence-electron chi connectivity index (χ4n) is 3.94. The second-order valence-corrected chi connectivity index (χ2v) is 8.81. The van der Waals surface area contributed by atoms with Crippen molar-refractivity contribution in [2.45, 2.75) is 85.4 Å². The summed E-state index contributed by atoms with van der Waals surface area (Å²) in [5.74, 6) is 0.698. The number of pyridine rings is 1. The zero-order chi connectivity index (χ0) is 21.3. The Hall–Kier alpha value is -2.44. The number of carbonyl (C=O) groups is 1. The van der Waals surface area contributed by atoms with E-state index in [0.717, 1.165) is 42.2 Å². The van der Waals surface area contributed by atoms with E-state index < -0.39 is 0 Å². The lowest BCUT2D eigenvalue weighted by molar-refractivity contribution is -0.124. The van der Waals surface area contributed by atoms with Crippen LogP contribution >= 0.6 is 0 Å². The zero-order valence-electron chi connectivity index (χ0n) is 18.4. The molecule has 2 aromatic rings. The molecule has 0 radical (unpaired) electrons. The van der Waals surface area contributed by atoms with Crippen LogP contribution in [-0.2, 0) is 4.79 Å². The summed E-state index contributed by atoms with van der Waals surface area (Å²) >= 11 is 0. The molecule has 1 amide bonds. The van der Waals surface area contributed by atoms with E-state index in [1.807, 2.05) is 47.7 Å². The minimum Gasteiger partial charge on any atom is -0.353 e. The van der Waals surface area contributed by atoms with E-state index in [9.17, 15) is 9.59 Å². The first kappa shape index (κ1) is 21.3. The summed E-state index contributed by atoms with van der Waals surface area (Å²) in [5.41, 5.74) is 2.38. The van der Waals surface area contributed by atoms with E-state index in [-0.39, 0.29) is 35.5 Å². The van der Waals surface area contributed by atoms with Gasteiger partial charge in [-0.2, -0.15) is 4.98 Å². The van der Waals surface area contributed by atoms with Crippen LogP contribution in [0.15, 0.2) is 11.0 Å². The van der Waals surface area contributed by atoms with Crippen LogP contribution in [0, 0.1) is 19.8 Å². The minimum atomic E-state index is 0.0102. The number of rotatable bonds is 5. The molecule has 1 aliphatic rings. The maximum atomic E-state index is 12.8. The van der Waals surface area contributed by atoms with E-state index in [4.69, 9.17) is 4.98 Å². The Morgan fingerprint density at radius 1 is 1.07 bits per heavy atom. The third-order valence-corrected chi connectivity index (χ3v) is 5.95. The summed E-state index contributed by atoms with van der Waals surface area (Å²) in [6.07, 6.45) is 5.61. The molecule has 1 saturated carbocycles. The molecule has 3 rings (SSSR count). The van der Waals surface area contributed by atoms with Crippen molar-refractivity contribution in [1.82, 2.24) is 19.9 Å². The molecule has 1 fully saturated rings. The zero-order valence-corrected chi connectivity index (χ0v) is 18.4. The molecule has 0 aromatic carbocycles. The lowest BCUT2D eigenvalue weighted by Gasteiger charge is -2.30. The van der Waals surface area contributed by atoms with E-state index in [2.05, 4.69) is 15.6 Å². The van der Waals surface area contributed by atoms with Gasteiger partial charge in [-0.25, -0.2) is 4.98 Å². The number of hydrogen-bond acceptors (Lipinski definition) is 5.